The van der Waals surface area contributed by atoms with E-state index in [1.807, 2.05) is 12.1 Å². The van der Waals surface area contributed by atoms with Crippen LogP contribution in [0.25, 0.3) is 0 Å². The normalized spacial score (nSPS) is 10.1. The van der Waals surface area contributed by atoms with E-state index in [9.17, 15) is 9.59 Å². The Hall–Kier alpha value is -3.60. The summed E-state index contributed by atoms with van der Waals surface area (Å²) in [5.41, 5.74) is 6.41. The number of benzene rings is 3. The van der Waals surface area contributed by atoms with Crippen LogP contribution < -0.4 is 15.2 Å². The molecule has 0 saturated heterocycles. The first-order chi connectivity index (χ1) is 12.1. The first-order valence-corrected chi connectivity index (χ1v) is 7.57. The Morgan fingerprint density at radius 2 is 1.04 bits per heavy atom. The standard InChI is InChI=1S/C20H15NO4/c21-16-12-14(19(22)24-17-7-3-1-4-8-17)11-15(13-16)20(23)25-18-9-5-2-6-10-18/h1-13H,21H2. The Labute approximate surface area is 144 Å². The van der Waals surface area contributed by atoms with Gasteiger partial charge in [-0.25, -0.2) is 9.59 Å². The van der Waals surface area contributed by atoms with Crippen LogP contribution in [-0.2, 0) is 0 Å². The number of hydrogen-bond donors (Lipinski definition) is 1. The van der Waals surface area contributed by atoms with E-state index in [-0.39, 0.29) is 16.8 Å². The maximum absolute atomic E-state index is 12.3. The zero-order valence-electron chi connectivity index (χ0n) is 13.2. The average Bonchev–Trinajstić information content (AvgIpc) is 2.63. The number of para-hydroxylation sites is 2. The molecular formula is C20H15NO4. The van der Waals surface area contributed by atoms with Crippen molar-refractivity contribution in [2.75, 3.05) is 5.73 Å². The predicted octanol–water partition coefficient (Wildman–Crippen LogP) is 3.71. The van der Waals surface area contributed by atoms with Gasteiger partial charge in [0.25, 0.3) is 0 Å². The SMILES string of the molecule is Nc1cc(C(=O)Oc2ccccc2)cc(C(=O)Oc2ccccc2)c1. The molecule has 124 valence electrons. The lowest BCUT2D eigenvalue weighted by atomic mass is 10.1. The molecule has 0 heterocycles. The Morgan fingerprint density at radius 1 is 0.640 bits per heavy atom. The Morgan fingerprint density at radius 3 is 1.44 bits per heavy atom. The molecule has 3 rings (SSSR count). The van der Waals surface area contributed by atoms with Crippen LogP contribution in [0.15, 0.2) is 78.9 Å². The molecule has 0 bridgehead atoms. The molecule has 0 unspecified atom stereocenters. The third-order valence-electron chi connectivity index (χ3n) is 3.33. The van der Waals surface area contributed by atoms with Gasteiger partial charge < -0.3 is 15.2 Å². The van der Waals surface area contributed by atoms with Crippen molar-refractivity contribution < 1.29 is 19.1 Å². The molecule has 0 aliphatic carbocycles. The molecule has 0 spiro atoms. The van der Waals surface area contributed by atoms with E-state index in [4.69, 9.17) is 15.2 Å². The number of carbonyl (C=O) groups excluding carboxylic acids is 2. The van der Waals surface area contributed by atoms with Crippen LogP contribution in [0.2, 0.25) is 0 Å². The summed E-state index contributed by atoms with van der Waals surface area (Å²) in [5, 5.41) is 0. The number of esters is 2. The molecule has 0 fully saturated rings. The van der Waals surface area contributed by atoms with Crippen LogP contribution in [0.3, 0.4) is 0 Å². The minimum atomic E-state index is -0.604. The van der Waals surface area contributed by atoms with Crippen LogP contribution in [0.5, 0.6) is 11.5 Å². The highest BCUT2D eigenvalue weighted by Gasteiger charge is 2.15. The van der Waals surface area contributed by atoms with Crippen molar-refractivity contribution in [3.8, 4) is 11.5 Å². The van der Waals surface area contributed by atoms with Gasteiger partial charge in [0.2, 0.25) is 0 Å². The summed E-state index contributed by atoms with van der Waals surface area (Å²) in [5.74, 6) is -0.397. The fourth-order valence-electron chi connectivity index (χ4n) is 2.20. The lowest BCUT2D eigenvalue weighted by Gasteiger charge is -2.08. The molecule has 3 aromatic rings. The summed E-state index contributed by atoms with van der Waals surface area (Å²) < 4.78 is 10.5. The Bertz CT molecular complexity index is 820. The molecule has 2 N–H and O–H groups in total. The minimum Gasteiger partial charge on any atom is -0.423 e. The molecule has 0 aliphatic rings. The summed E-state index contributed by atoms with van der Waals surface area (Å²) in [6.07, 6.45) is 0. The fourth-order valence-corrected chi connectivity index (χ4v) is 2.20. The zero-order valence-corrected chi connectivity index (χ0v) is 13.2. The summed E-state index contributed by atoms with van der Waals surface area (Å²) in [6.45, 7) is 0. The minimum absolute atomic E-state index is 0.170. The highest BCUT2D eigenvalue weighted by molar-refractivity contribution is 5.98. The third-order valence-corrected chi connectivity index (χ3v) is 3.33. The van der Waals surface area contributed by atoms with Crippen molar-refractivity contribution in [3.63, 3.8) is 0 Å². The van der Waals surface area contributed by atoms with E-state index in [0.717, 1.165) is 0 Å². The molecule has 0 amide bonds. The largest absolute Gasteiger partial charge is 0.423 e. The van der Waals surface area contributed by atoms with Gasteiger partial charge in [-0.2, -0.15) is 0 Å². The van der Waals surface area contributed by atoms with E-state index in [0.29, 0.717) is 11.5 Å². The van der Waals surface area contributed by atoms with Gasteiger partial charge in [-0.15, -0.1) is 0 Å². The quantitative estimate of drug-likeness (QED) is 0.447. The summed E-state index contributed by atoms with van der Waals surface area (Å²) in [4.78, 5) is 24.5. The molecule has 0 radical (unpaired) electrons. The number of hydrogen-bond acceptors (Lipinski definition) is 5. The number of anilines is 1. The van der Waals surface area contributed by atoms with E-state index in [1.165, 1.54) is 18.2 Å². The van der Waals surface area contributed by atoms with Crippen LogP contribution in [-0.4, -0.2) is 11.9 Å². The molecule has 5 heteroatoms. The fraction of sp³-hybridized carbons (Fsp3) is 0. The Balaban J connectivity index is 1.80. The summed E-state index contributed by atoms with van der Waals surface area (Å²) in [6, 6.07) is 21.6. The maximum Gasteiger partial charge on any atom is 0.343 e. The molecule has 0 saturated carbocycles. The first-order valence-electron chi connectivity index (χ1n) is 7.57. The van der Waals surface area contributed by atoms with Crippen molar-refractivity contribution in [1.29, 1.82) is 0 Å². The number of nitrogens with two attached hydrogens (primary N) is 1. The molecular weight excluding hydrogens is 318 g/mol. The topological polar surface area (TPSA) is 78.6 Å². The van der Waals surface area contributed by atoms with Crippen LogP contribution in [0.4, 0.5) is 5.69 Å². The monoisotopic (exact) mass is 333 g/mol. The van der Waals surface area contributed by atoms with Crippen LogP contribution in [0.1, 0.15) is 20.7 Å². The molecule has 0 aliphatic heterocycles. The number of carbonyl (C=O) groups is 2. The van der Waals surface area contributed by atoms with Gasteiger partial charge in [0.1, 0.15) is 11.5 Å². The maximum atomic E-state index is 12.3. The molecule has 3 aromatic carbocycles. The second kappa shape index (κ2) is 7.31. The number of rotatable bonds is 4. The second-order valence-electron chi connectivity index (χ2n) is 5.25. The number of nitrogen functional groups attached to an aromatic ring is 1. The smallest absolute Gasteiger partial charge is 0.343 e. The number of ether oxygens (including phenoxy) is 2. The zero-order chi connectivity index (χ0) is 17.6. The van der Waals surface area contributed by atoms with Crippen molar-refractivity contribution >= 4 is 17.6 Å². The lowest BCUT2D eigenvalue weighted by Crippen LogP contribution is -2.13. The molecule has 5 nitrogen and oxygen atoms in total. The van der Waals surface area contributed by atoms with E-state index in [1.54, 1.807) is 48.5 Å². The van der Waals surface area contributed by atoms with Gasteiger partial charge in [0.15, 0.2) is 0 Å². The van der Waals surface area contributed by atoms with Crippen molar-refractivity contribution in [2.45, 2.75) is 0 Å². The van der Waals surface area contributed by atoms with E-state index < -0.39 is 11.9 Å². The molecule has 0 atom stereocenters. The van der Waals surface area contributed by atoms with E-state index >= 15 is 0 Å². The van der Waals surface area contributed by atoms with Crippen LogP contribution in [0, 0.1) is 0 Å². The van der Waals surface area contributed by atoms with Gasteiger partial charge in [0.05, 0.1) is 11.1 Å². The van der Waals surface area contributed by atoms with Gasteiger partial charge >= 0.3 is 11.9 Å². The van der Waals surface area contributed by atoms with E-state index in [2.05, 4.69) is 0 Å². The van der Waals surface area contributed by atoms with Gasteiger partial charge in [0, 0.05) is 5.69 Å². The molecule has 0 aromatic heterocycles. The van der Waals surface area contributed by atoms with Gasteiger partial charge in [-0.1, -0.05) is 36.4 Å². The molecule has 25 heavy (non-hydrogen) atoms. The predicted molar refractivity (Wildman–Crippen MR) is 93.7 cm³/mol. The first kappa shape index (κ1) is 16.3. The van der Waals surface area contributed by atoms with Gasteiger partial charge in [-0.05, 0) is 42.5 Å². The highest BCUT2D eigenvalue weighted by atomic mass is 16.5. The highest BCUT2D eigenvalue weighted by Crippen LogP contribution is 2.18. The Kier molecular flexibility index (Phi) is 4.76. The summed E-state index contributed by atoms with van der Waals surface area (Å²) >= 11 is 0. The van der Waals surface area contributed by atoms with Crippen molar-refractivity contribution in [3.05, 3.63) is 90.0 Å². The second-order valence-corrected chi connectivity index (χ2v) is 5.25. The average molecular weight is 333 g/mol. The lowest BCUT2D eigenvalue weighted by molar-refractivity contribution is 0.0734. The summed E-state index contributed by atoms with van der Waals surface area (Å²) in [7, 11) is 0. The van der Waals surface area contributed by atoms with Gasteiger partial charge in [-0.3, -0.25) is 0 Å². The third kappa shape index (κ3) is 4.23. The van der Waals surface area contributed by atoms with Crippen molar-refractivity contribution in [2.24, 2.45) is 0 Å². The van der Waals surface area contributed by atoms with Crippen molar-refractivity contribution in [1.82, 2.24) is 0 Å². The van der Waals surface area contributed by atoms with Crippen LogP contribution >= 0.6 is 0 Å².